The van der Waals surface area contributed by atoms with Crippen molar-refractivity contribution in [1.82, 2.24) is 0 Å². The number of benzene rings is 2. The fourth-order valence-corrected chi connectivity index (χ4v) is 6.86. The third kappa shape index (κ3) is 4.78. The van der Waals surface area contributed by atoms with E-state index in [1.54, 1.807) is 0 Å². The molecule has 7 atom stereocenters. The Hall–Kier alpha value is -1.51. The van der Waals surface area contributed by atoms with Gasteiger partial charge in [-0.05, 0) is 71.1 Å². The summed E-state index contributed by atoms with van der Waals surface area (Å²) in [5.41, 5.74) is 4.62. The van der Waals surface area contributed by atoms with Crippen molar-refractivity contribution in [3.63, 3.8) is 0 Å². The molecule has 2 aromatic carbocycles. The van der Waals surface area contributed by atoms with Gasteiger partial charge in [-0.3, -0.25) is 0 Å². The van der Waals surface area contributed by atoms with Gasteiger partial charge in [-0.25, -0.2) is 8.78 Å². The predicted octanol–water partition coefficient (Wildman–Crippen LogP) is 4.90. The van der Waals surface area contributed by atoms with E-state index in [4.69, 9.17) is 4.74 Å². The molecule has 1 saturated heterocycles. The topological polar surface area (TPSA) is 69.9 Å². The van der Waals surface area contributed by atoms with E-state index in [1.165, 1.54) is 17.3 Å². The highest BCUT2D eigenvalue weighted by Gasteiger charge is 2.61. The van der Waals surface area contributed by atoms with Crippen LogP contribution in [0.15, 0.2) is 42.5 Å². The van der Waals surface area contributed by atoms with Crippen LogP contribution in [0.1, 0.15) is 66.5 Å². The number of aliphatic hydroxyl groups is 3. The molecule has 3 N–H and O–H groups in total. The number of hydrogen-bond acceptors (Lipinski definition) is 5. The van der Waals surface area contributed by atoms with Crippen LogP contribution < -0.4 is 0 Å². The number of hydrogen-bond donors (Lipinski definition) is 3. The first-order valence-corrected chi connectivity index (χ1v) is 13.6. The highest BCUT2D eigenvalue weighted by atomic mass is 32.2. The van der Waals surface area contributed by atoms with Crippen LogP contribution in [0.5, 0.6) is 0 Å². The van der Waals surface area contributed by atoms with Crippen molar-refractivity contribution in [3.8, 4) is 0 Å². The number of ether oxygens (including phenoxy) is 1. The molecule has 1 heterocycles. The zero-order chi connectivity index (χ0) is 25.0. The molecule has 4 nitrogen and oxygen atoms in total. The van der Waals surface area contributed by atoms with E-state index in [-0.39, 0.29) is 24.2 Å². The van der Waals surface area contributed by atoms with E-state index >= 15 is 0 Å². The van der Waals surface area contributed by atoms with Crippen LogP contribution in [-0.2, 0) is 16.6 Å². The molecule has 0 amide bonds. The van der Waals surface area contributed by atoms with Crippen LogP contribution >= 0.6 is 11.8 Å². The molecule has 35 heavy (non-hydrogen) atoms. The molecule has 3 aliphatic rings. The van der Waals surface area contributed by atoms with Gasteiger partial charge in [0.1, 0.15) is 29.9 Å². The second kappa shape index (κ2) is 9.42. The van der Waals surface area contributed by atoms with Gasteiger partial charge in [0.15, 0.2) is 0 Å². The number of thioether (sulfide) groups is 1. The van der Waals surface area contributed by atoms with Gasteiger partial charge in [0.2, 0.25) is 5.92 Å². The molecule has 0 aromatic heterocycles. The third-order valence-corrected chi connectivity index (χ3v) is 9.29. The lowest BCUT2D eigenvalue weighted by atomic mass is 9.81. The lowest BCUT2D eigenvalue weighted by molar-refractivity contribution is -0.200. The Morgan fingerprint density at radius 1 is 0.971 bits per heavy atom. The van der Waals surface area contributed by atoms with Gasteiger partial charge in [-0.1, -0.05) is 49.4 Å². The number of fused-ring (bicyclic) bond motifs is 1. The lowest BCUT2D eigenvalue weighted by Gasteiger charge is -2.40. The van der Waals surface area contributed by atoms with Gasteiger partial charge in [0, 0.05) is 12.8 Å². The summed E-state index contributed by atoms with van der Waals surface area (Å²) in [7, 11) is 0. The van der Waals surface area contributed by atoms with Crippen molar-refractivity contribution >= 4 is 11.8 Å². The van der Waals surface area contributed by atoms with Gasteiger partial charge < -0.3 is 20.1 Å². The number of alkyl halides is 2. The van der Waals surface area contributed by atoms with E-state index in [2.05, 4.69) is 24.3 Å². The molecule has 0 radical (unpaired) electrons. The lowest BCUT2D eigenvalue weighted by Crippen LogP contribution is -2.53. The molecule has 0 unspecified atom stereocenters. The maximum absolute atomic E-state index is 13.8. The number of rotatable bonds is 6. The van der Waals surface area contributed by atoms with Crippen LogP contribution in [0.2, 0.25) is 0 Å². The first-order valence-electron chi connectivity index (χ1n) is 12.5. The van der Waals surface area contributed by atoms with Crippen LogP contribution in [0.4, 0.5) is 8.78 Å². The fraction of sp³-hybridized carbons (Fsp3) is 0.571. The first kappa shape index (κ1) is 25.2. The van der Waals surface area contributed by atoms with Gasteiger partial charge in [0.05, 0.1) is 0 Å². The summed E-state index contributed by atoms with van der Waals surface area (Å²) in [5.74, 6) is -1.69. The maximum Gasteiger partial charge on any atom is 0.248 e. The molecule has 3 fully saturated rings. The molecule has 5 rings (SSSR count). The van der Waals surface area contributed by atoms with E-state index in [0.29, 0.717) is 12.8 Å². The molecule has 7 heteroatoms. The smallest absolute Gasteiger partial charge is 0.248 e. The molecular formula is C28H34F2O4S. The normalized spacial score (nSPS) is 36.0. The summed E-state index contributed by atoms with van der Waals surface area (Å²) in [6, 6.07) is 14.3. The van der Waals surface area contributed by atoms with Gasteiger partial charge in [0.25, 0.3) is 0 Å². The van der Waals surface area contributed by atoms with Crippen molar-refractivity contribution < 1.29 is 28.8 Å². The zero-order valence-corrected chi connectivity index (χ0v) is 21.0. The molecule has 0 spiro atoms. The zero-order valence-electron chi connectivity index (χ0n) is 20.2. The Balaban J connectivity index is 1.32. The van der Waals surface area contributed by atoms with Crippen LogP contribution in [0, 0.1) is 12.8 Å². The molecule has 0 bridgehead atoms. The van der Waals surface area contributed by atoms with E-state index < -0.39 is 35.8 Å². The average molecular weight is 505 g/mol. The second-order valence-corrected chi connectivity index (χ2v) is 11.9. The Morgan fingerprint density at radius 3 is 2.40 bits per heavy atom. The summed E-state index contributed by atoms with van der Waals surface area (Å²) in [6.07, 6.45) is -2.25. The SMILES string of the molecule is CCS[C@H]1O[C@@H](c2ccc(C)c(Cc3ccc([C@]45CCC(F)(F)C[C@H]4C5)cc3)c2)[C@H](O)[C@@H](O)[C@@H]1O. The van der Waals surface area contributed by atoms with E-state index in [0.717, 1.165) is 34.4 Å². The molecule has 190 valence electrons. The van der Waals surface area contributed by atoms with Crippen molar-refractivity contribution in [3.05, 3.63) is 70.3 Å². The monoisotopic (exact) mass is 504 g/mol. The number of aliphatic hydroxyl groups excluding tert-OH is 3. The molecular weight excluding hydrogens is 470 g/mol. The van der Waals surface area contributed by atoms with Crippen molar-refractivity contribution in [1.29, 1.82) is 0 Å². The minimum Gasteiger partial charge on any atom is -0.387 e. The maximum atomic E-state index is 13.8. The largest absolute Gasteiger partial charge is 0.387 e. The standard InChI is InChI=1S/C28H34F2O4S/c1-3-35-26-24(33)22(31)23(32)25(34-26)18-7-4-16(2)19(13-18)12-17-5-8-20(9-6-17)27-10-11-28(29,30)15-21(27)14-27/h4-9,13,21-26,31-33H,3,10-12,14-15H2,1-2H3/t21-,22-,23-,24+,25+,26-,27-/m1/s1. The molecule has 2 aromatic rings. The molecule has 2 saturated carbocycles. The number of halogens is 2. The minimum absolute atomic E-state index is 0.0131. The highest BCUT2D eigenvalue weighted by Crippen LogP contribution is 2.65. The minimum atomic E-state index is -2.51. The second-order valence-electron chi connectivity index (χ2n) is 10.5. The van der Waals surface area contributed by atoms with Crippen LogP contribution in [-0.4, -0.2) is 50.7 Å². The Bertz CT molecular complexity index is 1060. The predicted molar refractivity (Wildman–Crippen MR) is 133 cm³/mol. The van der Waals surface area contributed by atoms with Crippen molar-refractivity contribution in [2.24, 2.45) is 5.92 Å². The molecule has 1 aliphatic heterocycles. The Labute approximate surface area is 209 Å². The first-order chi connectivity index (χ1) is 16.6. The number of aryl methyl sites for hydroxylation is 1. The van der Waals surface area contributed by atoms with Crippen LogP contribution in [0.3, 0.4) is 0 Å². The summed E-state index contributed by atoms with van der Waals surface area (Å²) in [4.78, 5) is 0. The summed E-state index contributed by atoms with van der Waals surface area (Å²) >= 11 is 1.41. The summed E-state index contributed by atoms with van der Waals surface area (Å²) in [5, 5.41) is 31.3. The average Bonchev–Trinajstić information content (AvgIpc) is 3.55. The highest BCUT2D eigenvalue weighted by molar-refractivity contribution is 7.99. The quantitative estimate of drug-likeness (QED) is 0.522. The molecule has 2 aliphatic carbocycles. The Morgan fingerprint density at radius 2 is 1.71 bits per heavy atom. The summed E-state index contributed by atoms with van der Waals surface area (Å²) < 4.78 is 33.5. The van der Waals surface area contributed by atoms with Crippen LogP contribution in [0.25, 0.3) is 0 Å². The van der Waals surface area contributed by atoms with E-state index in [9.17, 15) is 24.1 Å². The van der Waals surface area contributed by atoms with Gasteiger partial charge >= 0.3 is 0 Å². The Kier molecular flexibility index (Phi) is 6.77. The van der Waals surface area contributed by atoms with Crippen molar-refractivity contribution in [2.45, 2.75) is 87.1 Å². The van der Waals surface area contributed by atoms with Crippen molar-refractivity contribution in [2.75, 3.05) is 5.75 Å². The fourth-order valence-electron chi connectivity index (χ4n) is 5.98. The summed E-state index contributed by atoms with van der Waals surface area (Å²) in [6.45, 7) is 3.99. The van der Waals surface area contributed by atoms with Gasteiger partial charge in [-0.15, -0.1) is 11.8 Å². The third-order valence-electron chi connectivity index (χ3n) is 8.24. The van der Waals surface area contributed by atoms with Gasteiger partial charge in [-0.2, -0.15) is 0 Å². The van der Waals surface area contributed by atoms with E-state index in [1.807, 2.05) is 32.0 Å².